The molecule has 0 aromatic carbocycles. The van der Waals surface area contributed by atoms with Gasteiger partial charge >= 0.3 is 6.03 Å². The van der Waals surface area contributed by atoms with Crippen LogP contribution in [-0.4, -0.2) is 80.5 Å². The zero-order chi connectivity index (χ0) is 15.2. The Hall–Kier alpha value is -0.850. The van der Waals surface area contributed by atoms with Crippen LogP contribution in [0.5, 0.6) is 0 Å². The van der Waals surface area contributed by atoms with E-state index in [1.807, 2.05) is 18.7 Å². The number of ether oxygens (including phenoxy) is 2. The van der Waals surface area contributed by atoms with Crippen LogP contribution in [0.1, 0.15) is 26.7 Å². The van der Waals surface area contributed by atoms with Crippen LogP contribution in [0.25, 0.3) is 0 Å². The minimum atomic E-state index is 0.0273. The van der Waals surface area contributed by atoms with Crippen molar-refractivity contribution in [3.63, 3.8) is 0 Å². The van der Waals surface area contributed by atoms with Crippen LogP contribution >= 0.6 is 0 Å². The second-order valence-electron chi connectivity index (χ2n) is 6.15. The molecule has 1 saturated heterocycles. The summed E-state index contributed by atoms with van der Waals surface area (Å²) in [6.07, 6.45) is 2.78. The lowest BCUT2D eigenvalue weighted by molar-refractivity contribution is -0.0545. The average Bonchev–Trinajstić information content (AvgIpc) is 3.25. The molecule has 2 unspecified atom stereocenters. The molecule has 2 rings (SSSR count). The maximum atomic E-state index is 12.2. The van der Waals surface area contributed by atoms with Crippen molar-refractivity contribution in [3.05, 3.63) is 0 Å². The highest BCUT2D eigenvalue weighted by Crippen LogP contribution is 2.25. The second kappa shape index (κ2) is 7.96. The molecule has 0 spiro atoms. The van der Waals surface area contributed by atoms with Gasteiger partial charge in [-0.15, -0.1) is 0 Å². The minimum absolute atomic E-state index is 0.0273. The molecule has 1 aliphatic heterocycles. The number of rotatable bonds is 7. The van der Waals surface area contributed by atoms with Crippen LogP contribution in [0, 0.1) is 0 Å². The molecular weight excluding hydrogens is 270 g/mol. The standard InChI is InChI=1S/C15H29N3O3/c1-12-10-18(11-13(2)21-12)15(19)16-6-7-17(8-9-20-3)14-4-5-14/h12-14H,4-11H2,1-3H3,(H,16,19). The number of nitrogens with zero attached hydrogens (tertiary/aromatic N) is 2. The molecule has 2 atom stereocenters. The molecule has 2 aliphatic rings. The normalized spacial score (nSPS) is 26.2. The number of carbonyl (C=O) groups is 1. The predicted molar refractivity (Wildman–Crippen MR) is 81.5 cm³/mol. The van der Waals surface area contributed by atoms with Crippen LogP contribution in [0.15, 0.2) is 0 Å². The van der Waals surface area contributed by atoms with Gasteiger partial charge in [0.1, 0.15) is 0 Å². The number of urea groups is 1. The molecule has 1 heterocycles. The van der Waals surface area contributed by atoms with E-state index in [1.165, 1.54) is 12.8 Å². The van der Waals surface area contributed by atoms with Crippen molar-refractivity contribution in [2.24, 2.45) is 0 Å². The molecule has 1 saturated carbocycles. The van der Waals surface area contributed by atoms with Crippen molar-refractivity contribution in [1.82, 2.24) is 15.1 Å². The smallest absolute Gasteiger partial charge is 0.317 e. The van der Waals surface area contributed by atoms with Crippen molar-refractivity contribution < 1.29 is 14.3 Å². The maximum absolute atomic E-state index is 12.2. The highest BCUT2D eigenvalue weighted by molar-refractivity contribution is 5.74. The fourth-order valence-electron chi connectivity index (χ4n) is 2.89. The Morgan fingerprint density at radius 3 is 2.52 bits per heavy atom. The summed E-state index contributed by atoms with van der Waals surface area (Å²) in [7, 11) is 1.73. The van der Waals surface area contributed by atoms with Crippen molar-refractivity contribution >= 4 is 6.03 Å². The van der Waals surface area contributed by atoms with E-state index in [-0.39, 0.29) is 18.2 Å². The number of nitrogens with one attached hydrogen (secondary N) is 1. The summed E-state index contributed by atoms with van der Waals surface area (Å²) in [5, 5.41) is 3.03. The average molecular weight is 299 g/mol. The lowest BCUT2D eigenvalue weighted by Crippen LogP contribution is -2.52. The number of hydrogen-bond acceptors (Lipinski definition) is 4. The van der Waals surface area contributed by atoms with Gasteiger partial charge in [0.2, 0.25) is 0 Å². The summed E-state index contributed by atoms with van der Waals surface area (Å²) >= 11 is 0. The van der Waals surface area contributed by atoms with Gasteiger partial charge in [0.15, 0.2) is 0 Å². The predicted octanol–water partition coefficient (Wildman–Crippen LogP) is 0.916. The first-order valence-corrected chi connectivity index (χ1v) is 8.01. The van der Waals surface area contributed by atoms with Gasteiger partial charge in [-0.1, -0.05) is 0 Å². The van der Waals surface area contributed by atoms with Crippen molar-refractivity contribution in [3.8, 4) is 0 Å². The molecule has 0 radical (unpaired) electrons. The SMILES string of the molecule is COCCN(CCNC(=O)N1CC(C)OC(C)C1)C1CC1. The number of morpholine rings is 1. The van der Waals surface area contributed by atoms with Gasteiger partial charge in [0.25, 0.3) is 0 Å². The van der Waals surface area contributed by atoms with E-state index >= 15 is 0 Å². The van der Waals surface area contributed by atoms with E-state index in [2.05, 4.69) is 10.2 Å². The summed E-state index contributed by atoms with van der Waals surface area (Å²) in [5.74, 6) is 0. The van der Waals surface area contributed by atoms with Gasteiger partial charge in [-0.25, -0.2) is 4.79 Å². The zero-order valence-corrected chi connectivity index (χ0v) is 13.5. The molecule has 21 heavy (non-hydrogen) atoms. The third kappa shape index (κ3) is 5.45. The molecular formula is C15H29N3O3. The van der Waals surface area contributed by atoms with E-state index in [1.54, 1.807) is 7.11 Å². The monoisotopic (exact) mass is 299 g/mol. The molecule has 0 aromatic rings. The quantitative estimate of drug-likeness (QED) is 0.759. The van der Waals surface area contributed by atoms with Crippen molar-refractivity contribution in [1.29, 1.82) is 0 Å². The Balaban J connectivity index is 1.68. The number of methoxy groups -OCH3 is 1. The maximum Gasteiger partial charge on any atom is 0.317 e. The Bertz CT molecular complexity index is 326. The molecule has 2 amide bonds. The van der Waals surface area contributed by atoms with Gasteiger partial charge in [-0.2, -0.15) is 0 Å². The van der Waals surface area contributed by atoms with Gasteiger partial charge < -0.3 is 19.7 Å². The van der Waals surface area contributed by atoms with E-state index in [0.717, 1.165) is 19.7 Å². The first kappa shape index (κ1) is 16.5. The lowest BCUT2D eigenvalue weighted by Gasteiger charge is -2.35. The lowest BCUT2D eigenvalue weighted by atomic mass is 10.2. The molecule has 1 aliphatic carbocycles. The summed E-state index contributed by atoms with van der Waals surface area (Å²) < 4.78 is 10.8. The van der Waals surface area contributed by atoms with E-state index in [0.29, 0.717) is 25.7 Å². The molecule has 122 valence electrons. The van der Waals surface area contributed by atoms with Crippen LogP contribution in [-0.2, 0) is 9.47 Å². The molecule has 6 nitrogen and oxygen atoms in total. The summed E-state index contributed by atoms with van der Waals surface area (Å²) in [6, 6.07) is 0.722. The Labute approximate surface area is 127 Å². The molecule has 1 N–H and O–H groups in total. The largest absolute Gasteiger partial charge is 0.383 e. The Kier molecular flexibility index (Phi) is 6.26. The topological polar surface area (TPSA) is 54.0 Å². The highest BCUT2D eigenvalue weighted by atomic mass is 16.5. The van der Waals surface area contributed by atoms with Crippen LogP contribution in [0.4, 0.5) is 4.79 Å². The summed E-state index contributed by atoms with van der Waals surface area (Å²) in [4.78, 5) is 16.5. The number of carbonyl (C=O) groups excluding carboxylic acids is 1. The van der Waals surface area contributed by atoms with Gasteiger partial charge in [0, 0.05) is 45.9 Å². The first-order chi connectivity index (χ1) is 10.1. The fraction of sp³-hybridized carbons (Fsp3) is 0.933. The Morgan fingerprint density at radius 1 is 1.29 bits per heavy atom. The van der Waals surface area contributed by atoms with Crippen LogP contribution in [0.2, 0.25) is 0 Å². The summed E-state index contributed by atoms with van der Waals surface area (Å²) in [6.45, 7) is 8.66. The Morgan fingerprint density at radius 2 is 1.95 bits per heavy atom. The first-order valence-electron chi connectivity index (χ1n) is 8.01. The summed E-state index contributed by atoms with van der Waals surface area (Å²) in [5.41, 5.74) is 0. The third-order valence-electron chi connectivity index (χ3n) is 4.03. The van der Waals surface area contributed by atoms with E-state index < -0.39 is 0 Å². The molecule has 0 bridgehead atoms. The molecule has 2 fully saturated rings. The van der Waals surface area contributed by atoms with Gasteiger partial charge in [-0.05, 0) is 26.7 Å². The minimum Gasteiger partial charge on any atom is -0.383 e. The third-order valence-corrected chi connectivity index (χ3v) is 4.03. The van der Waals surface area contributed by atoms with Crippen LogP contribution < -0.4 is 5.32 Å². The fourth-order valence-corrected chi connectivity index (χ4v) is 2.89. The van der Waals surface area contributed by atoms with E-state index in [4.69, 9.17) is 9.47 Å². The molecule has 0 aromatic heterocycles. The number of hydrogen-bond donors (Lipinski definition) is 1. The van der Waals surface area contributed by atoms with Crippen LogP contribution in [0.3, 0.4) is 0 Å². The van der Waals surface area contributed by atoms with Crippen molar-refractivity contribution in [2.45, 2.75) is 44.9 Å². The number of amides is 2. The van der Waals surface area contributed by atoms with Gasteiger partial charge in [0.05, 0.1) is 18.8 Å². The zero-order valence-electron chi connectivity index (χ0n) is 13.5. The van der Waals surface area contributed by atoms with Crippen molar-refractivity contribution in [2.75, 3.05) is 46.4 Å². The molecule has 6 heteroatoms. The second-order valence-corrected chi connectivity index (χ2v) is 6.15. The van der Waals surface area contributed by atoms with E-state index in [9.17, 15) is 4.79 Å². The van der Waals surface area contributed by atoms with Gasteiger partial charge in [-0.3, -0.25) is 4.90 Å². The highest BCUT2D eigenvalue weighted by Gasteiger charge is 2.29.